The SMILES string of the molecule is Cn1c(CC(O)C2(O)CCCCC2)nc2ccccc21. The van der Waals surface area contributed by atoms with Crippen LogP contribution in [0.2, 0.25) is 0 Å². The van der Waals surface area contributed by atoms with Crippen molar-refractivity contribution in [1.82, 2.24) is 9.55 Å². The summed E-state index contributed by atoms with van der Waals surface area (Å²) >= 11 is 0. The van der Waals surface area contributed by atoms with Gasteiger partial charge in [-0.25, -0.2) is 4.98 Å². The van der Waals surface area contributed by atoms with Gasteiger partial charge in [0.15, 0.2) is 0 Å². The molecule has 0 saturated heterocycles. The molecule has 4 nitrogen and oxygen atoms in total. The molecule has 4 heteroatoms. The average Bonchev–Trinajstić information content (AvgIpc) is 2.77. The molecule has 0 bridgehead atoms. The molecule has 108 valence electrons. The van der Waals surface area contributed by atoms with Gasteiger partial charge in [0, 0.05) is 13.5 Å². The Bertz CT molecular complexity index is 600. The van der Waals surface area contributed by atoms with Gasteiger partial charge in [-0.2, -0.15) is 0 Å². The van der Waals surface area contributed by atoms with Gasteiger partial charge >= 0.3 is 0 Å². The zero-order valence-electron chi connectivity index (χ0n) is 11.9. The molecule has 2 N–H and O–H groups in total. The Balaban J connectivity index is 1.83. The van der Waals surface area contributed by atoms with Crippen molar-refractivity contribution in [1.29, 1.82) is 0 Å². The van der Waals surface area contributed by atoms with Crippen LogP contribution >= 0.6 is 0 Å². The monoisotopic (exact) mass is 274 g/mol. The molecule has 1 unspecified atom stereocenters. The van der Waals surface area contributed by atoms with Crippen LogP contribution in [0.4, 0.5) is 0 Å². The molecule has 3 rings (SSSR count). The van der Waals surface area contributed by atoms with Crippen molar-refractivity contribution in [3.05, 3.63) is 30.1 Å². The van der Waals surface area contributed by atoms with Crippen LogP contribution in [0.15, 0.2) is 24.3 Å². The lowest BCUT2D eigenvalue weighted by molar-refractivity contribution is -0.0968. The Morgan fingerprint density at radius 1 is 1.25 bits per heavy atom. The summed E-state index contributed by atoms with van der Waals surface area (Å²) in [5, 5.41) is 21.0. The van der Waals surface area contributed by atoms with Crippen molar-refractivity contribution in [3.63, 3.8) is 0 Å². The number of aliphatic hydroxyl groups excluding tert-OH is 1. The van der Waals surface area contributed by atoms with Crippen LogP contribution in [0.1, 0.15) is 37.9 Å². The topological polar surface area (TPSA) is 58.3 Å². The number of para-hydroxylation sites is 2. The second-order valence-electron chi connectivity index (χ2n) is 5.96. The van der Waals surface area contributed by atoms with Crippen molar-refractivity contribution < 1.29 is 10.2 Å². The van der Waals surface area contributed by atoms with Gasteiger partial charge in [-0.1, -0.05) is 31.4 Å². The first kappa shape index (κ1) is 13.6. The van der Waals surface area contributed by atoms with E-state index in [0.717, 1.165) is 36.1 Å². The number of hydrogen-bond acceptors (Lipinski definition) is 3. The summed E-state index contributed by atoms with van der Waals surface area (Å²) in [4.78, 5) is 4.57. The van der Waals surface area contributed by atoms with Gasteiger partial charge in [0.2, 0.25) is 0 Å². The first-order chi connectivity index (χ1) is 9.60. The average molecular weight is 274 g/mol. The summed E-state index contributed by atoms with van der Waals surface area (Å²) in [5.41, 5.74) is 1.06. The van der Waals surface area contributed by atoms with Gasteiger partial charge in [-0.05, 0) is 25.0 Å². The van der Waals surface area contributed by atoms with E-state index in [1.54, 1.807) is 0 Å². The van der Waals surface area contributed by atoms with Gasteiger partial charge in [-0.3, -0.25) is 0 Å². The molecule has 2 aromatic rings. The van der Waals surface area contributed by atoms with Crippen LogP contribution in [0.3, 0.4) is 0 Å². The predicted molar refractivity (Wildman–Crippen MR) is 78.5 cm³/mol. The third-order valence-corrected chi connectivity index (χ3v) is 4.60. The Morgan fingerprint density at radius 2 is 1.95 bits per heavy atom. The minimum absolute atomic E-state index is 0.404. The fraction of sp³-hybridized carbons (Fsp3) is 0.562. The molecule has 1 aromatic heterocycles. The largest absolute Gasteiger partial charge is 0.390 e. The summed E-state index contributed by atoms with van der Waals surface area (Å²) in [6.07, 6.45) is 4.20. The van der Waals surface area contributed by atoms with Gasteiger partial charge in [-0.15, -0.1) is 0 Å². The number of benzene rings is 1. The van der Waals surface area contributed by atoms with E-state index in [1.807, 2.05) is 35.9 Å². The number of rotatable bonds is 3. The number of aromatic nitrogens is 2. The second-order valence-corrected chi connectivity index (χ2v) is 5.96. The number of fused-ring (bicyclic) bond motifs is 1. The molecule has 0 radical (unpaired) electrons. The standard InChI is InChI=1S/C16H22N2O2/c1-18-13-8-4-3-7-12(13)17-15(18)11-14(19)16(20)9-5-2-6-10-16/h3-4,7-8,14,19-20H,2,5-6,9-11H2,1H3. The first-order valence-corrected chi connectivity index (χ1v) is 7.41. The zero-order chi connectivity index (χ0) is 14.2. The van der Waals surface area contributed by atoms with Crippen molar-refractivity contribution in [2.45, 2.75) is 50.2 Å². The molecule has 1 heterocycles. The minimum atomic E-state index is -0.934. The van der Waals surface area contributed by atoms with E-state index in [2.05, 4.69) is 4.98 Å². The minimum Gasteiger partial charge on any atom is -0.390 e. The lowest BCUT2D eigenvalue weighted by Crippen LogP contribution is -2.45. The molecule has 1 aliphatic carbocycles. The van der Waals surface area contributed by atoms with Crippen LogP contribution in [0.5, 0.6) is 0 Å². The molecule has 1 aliphatic rings. The maximum atomic E-state index is 10.6. The van der Waals surface area contributed by atoms with Gasteiger partial charge in [0.1, 0.15) is 5.82 Å². The van der Waals surface area contributed by atoms with Gasteiger partial charge in [0.25, 0.3) is 0 Å². The van der Waals surface area contributed by atoms with E-state index in [4.69, 9.17) is 0 Å². The van der Waals surface area contributed by atoms with E-state index in [1.165, 1.54) is 0 Å². The highest BCUT2D eigenvalue weighted by Gasteiger charge is 2.37. The van der Waals surface area contributed by atoms with E-state index in [-0.39, 0.29) is 0 Å². The van der Waals surface area contributed by atoms with Crippen molar-refractivity contribution >= 4 is 11.0 Å². The fourth-order valence-corrected chi connectivity index (χ4v) is 3.24. The molecule has 1 atom stereocenters. The van der Waals surface area contributed by atoms with Crippen molar-refractivity contribution in [2.75, 3.05) is 0 Å². The van der Waals surface area contributed by atoms with E-state index >= 15 is 0 Å². The van der Waals surface area contributed by atoms with E-state index < -0.39 is 11.7 Å². The number of aryl methyl sites for hydroxylation is 1. The van der Waals surface area contributed by atoms with Crippen LogP contribution in [0.25, 0.3) is 11.0 Å². The summed E-state index contributed by atoms with van der Waals surface area (Å²) in [6.45, 7) is 0. The van der Waals surface area contributed by atoms with Gasteiger partial charge < -0.3 is 14.8 Å². The quantitative estimate of drug-likeness (QED) is 0.902. The molecule has 1 fully saturated rings. The lowest BCUT2D eigenvalue weighted by Gasteiger charge is -2.36. The van der Waals surface area contributed by atoms with Crippen LogP contribution < -0.4 is 0 Å². The molecule has 0 spiro atoms. The van der Waals surface area contributed by atoms with E-state index in [0.29, 0.717) is 19.3 Å². The summed E-state index contributed by atoms with van der Waals surface area (Å²) in [6, 6.07) is 7.94. The molecule has 1 aromatic carbocycles. The third-order valence-electron chi connectivity index (χ3n) is 4.60. The lowest BCUT2D eigenvalue weighted by atomic mass is 9.79. The molecule has 0 amide bonds. The van der Waals surface area contributed by atoms with Crippen LogP contribution in [0, 0.1) is 0 Å². The summed E-state index contributed by atoms with van der Waals surface area (Å²) in [5.74, 6) is 0.831. The highest BCUT2D eigenvalue weighted by molar-refractivity contribution is 5.75. The molecular formula is C16H22N2O2. The second kappa shape index (κ2) is 5.19. The Morgan fingerprint density at radius 3 is 2.65 bits per heavy atom. The maximum Gasteiger partial charge on any atom is 0.112 e. The normalized spacial score (nSPS) is 20.1. The Hall–Kier alpha value is -1.39. The van der Waals surface area contributed by atoms with Crippen LogP contribution in [-0.2, 0) is 13.5 Å². The summed E-state index contributed by atoms with van der Waals surface area (Å²) < 4.78 is 2.00. The zero-order valence-corrected chi connectivity index (χ0v) is 11.9. The van der Waals surface area contributed by atoms with E-state index in [9.17, 15) is 10.2 Å². The number of nitrogens with zero attached hydrogens (tertiary/aromatic N) is 2. The van der Waals surface area contributed by atoms with Crippen LogP contribution in [-0.4, -0.2) is 31.5 Å². The molecule has 20 heavy (non-hydrogen) atoms. The molecule has 1 saturated carbocycles. The Kier molecular flexibility index (Phi) is 3.52. The third kappa shape index (κ3) is 2.34. The highest BCUT2D eigenvalue weighted by atomic mass is 16.3. The highest BCUT2D eigenvalue weighted by Crippen LogP contribution is 2.32. The number of hydrogen-bond donors (Lipinski definition) is 2. The van der Waals surface area contributed by atoms with Crippen molar-refractivity contribution in [3.8, 4) is 0 Å². The smallest absolute Gasteiger partial charge is 0.112 e. The summed E-state index contributed by atoms with van der Waals surface area (Å²) in [7, 11) is 1.96. The number of aliphatic hydroxyl groups is 2. The van der Waals surface area contributed by atoms with Gasteiger partial charge in [0.05, 0.1) is 22.7 Å². The maximum absolute atomic E-state index is 10.6. The van der Waals surface area contributed by atoms with Crippen molar-refractivity contribution in [2.24, 2.45) is 7.05 Å². The first-order valence-electron chi connectivity index (χ1n) is 7.41. The fourth-order valence-electron chi connectivity index (χ4n) is 3.24. The number of imidazole rings is 1. The molecular weight excluding hydrogens is 252 g/mol. The Labute approximate surface area is 119 Å². The predicted octanol–water partition coefficient (Wildman–Crippen LogP) is 2.17. The molecule has 0 aliphatic heterocycles.